The molecule has 50 heavy (non-hydrogen) atoms. The number of aliphatic carboxylic acids is 1. The van der Waals surface area contributed by atoms with Crippen LogP contribution in [0.25, 0.3) is 50.2 Å². The molecule has 0 bridgehead atoms. The van der Waals surface area contributed by atoms with Gasteiger partial charge in [-0.1, -0.05) is 103 Å². The van der Waals surface area contributed by atoms with Crippen molar-refractivity contribution in [2.45, 2.75) is 0 Å². The van der Waals surface area contributed by atoms with Crippen LogP contribution in [0.5, 0.6) is 0 Å². The highest BCUT2D eigenvalue weighted by molar-refractivity contribution is 7.23. The number of hydrogen-bond acceptors (Lipinski definition) is 5. The van der Waals surface area contributed by atoms with Gasteiger partial charge in [0.1, 0.15) is 11.6 Å². The molecule has 0 saturated carbocycles. The second kappa shape index (κ2) is 14.9. The Morgan fingerprint density at radius 3 is 1.46 bits per heavy atom. The number of benzene rings is 5. The molecule has 0 radical (unpaired) electrons. The van der Waals surface area contributed by atoms with Gasteiger partial charge in [0.15, 0.2) is 0 Å². The minimum Gasteiger partial charge on any atom is -0.477 e. The molecule has 1 N–H and O–H groups in total. The maximum Gasteiger partial charge on any atom is 0.346 e. The Kier molecular flexibility index (Phi) is 9.61. The molecule has 240 valence electrons. The Hall–Kier alpha value is -6.26. The monoisotopic (exact) mass is 682 g/mol. The van der Waals surface area contributed by atoms with Crippen LogP contribution in [0.4, 0.5) is 17.1 Å². The fraction of sp³-hybridized carbons (Fsp3) is 0. The van der Waals surface area contributed by atoms with Gasteiger partial charge in [-0.25, -0.2) is 4.79 Å². The van der Waals surface area contributed by atoms with Gasteiger partial charge in [-0.2, -0.15) is 5.26 Å². The van der Waals surface area contributed by atoms with Crippen LogP contribution < -0.4 is 4.90 Å². The van der Waals surface area contributed by atoms with E-state index in [4.69, 9.17) is 10.4 Å². The van der Waals surface area contributed by atoms with E-state index in [0.29, 0.717) is 0 Å². The van der Waals surface area contributed by atoms with Crippen molar-refractivity contribution in [1.82, 2.24) is 0 Å². The number of nitriles is 1. The zero-order chi connectivity index (χ0) is 34.3. The van der Waals surface area contributed by atoms with E-state index < -0.39 is 5.97 Å². The van der Waals surface area contributed by atoms with Crippen molar-refractivity contribution < 1.29 is 9.90 Å². The van der Waals surface area contributed by atoms with Gasteiger partial charge < -0.3 is 10.0 Å². The number of thiophene rings is 2. The molecule has 0 aliphatic rings. The molecule has 0 aliphatic carbocycles. The van der Waals surface area contributed by atoms with Gasteiger partial charge in [-0.3, -0.25) is 0 Å². The molecule has 0 aliphatic heterocycles. The Morgan fingerprint density at radius 1 is 0.540 bits per heavy atom. The largest absolute Gasteiger partial charge is 0.477 e. The zero-order valence-electron chi connectivity index (χ0n) is 26.8. The summed E-state index contributed by atoms with van der Waals surface area (Å²) >= 11 is 3.13. The van der Waals surface area contributed by atoms with Crippen LogP contribution in [0, 0.1) is 11.3 Å². The standard InChI is InChI=1S/C44H30N2O2S2/c45-30-36(44(47)48)29-41-26-28-43(50-41)42-27-25-40(49-42)24-13-31-11-18-37(19-12-31)46(38-20-14-34(15-21-38)32-7-3-1-4-8-32)39-22-16-35(17-23-39)33-9-5-2-6-10-33/h1-29H,(H,47,48)/b24-13+,36-29+. The first kappa shape index (κ1) is 32.3. The molecule has 0 unspecified atom stereocenters. The third-order valence-corrected chi connectivity index (χ3v) is 10.5. The van der Waals surface area contributed by atoms with Gasteiger partial charge in [-0.05, 0) is 101 Å². The summed E-state index contributed by atoms with van der Waals surface area (Å²) in [7, 11) is 0. The Balaban J connectivity index is 1.13. The van der Waals surface area contributed by atoms with Crippen LogP contribution >= 0.6 is 22.7 Å². The second-order valence-electron chi connectivity index (χ2n) is 11.5. The molecule has 7 aromatic rings. The van der Waals surface area contributed by atoms with Crippen molar-refractivity contribution in [3.63, 3.8) is 0 Å². The van der Waals surface area contributed by atoms with E-state index in [1.807, 2.05) is 24.3 Å². The maximum atomic E-state index is 11.2. The molecule has 6 heteroatoms. The van der Waals surface area contributed by atoms with Gasteiger partial charge >= 0.3 is 5.97 Å². The molecule has 0 fully saturated rings. The van der Waals surface area contributed by atoms with Gasteiger partial charge in [0.2, 0.25) is 0 Å². The van der Waals surface area contributed by atoms with Crippen molar-refractivity contribution in [1.29, 1.82) is 5.26 Å². The summed E-state index contributed by atoms with van der Waals surface area (Å²) in [6.07, 6.45) is 5.63. The van der Waals surface area contributed by atoms with Gasteiger partial charge in [0.05, 0.1) is 0 Å². The van der Waals surface area contributed by atoms with Crippen molar-refractivity contribution in [2.75, 3.05) is 4.90 Å². The molecule has 2 heterocycles. The number of anilines is 3. The van der Waals surface area contributed by atoms with Gasteiger partial charge in [0.25, 0.3) is 0 Å². The molecule has 5 aromatic carbocycles. The van der Waals surface area contributed by atoms with E-state index in [1.165, 1.54) is 39.7 Å². The number of nitrogens with zero attached hydrogens (tertiary/aromatic N) is 2. The first-order chi connectivity index (χ1) is 24.5. The highest BCUT2D eigenvalue weighted by Crippen LogP contribution is 2.38. The molecule has 4 nitrogen and oxygen atoms in total. The topological polar surface area (TPSA) is 64.3 Å². The van der Waals surface area contributed by atoms with Crippen molar-refractivity contribution in [2.24, 2.45) is 0 Å². The summed E-state index contributed by atoms with van der Waals surface area (Å²) in [5, 5.41) is 18.2. The van der Waals surface area contributed by atoms with Crippen molar-refractivity contribution in [3.05, 3.63) is 179 Å². The van der Waals surface area contributed by atoms with E-state index in [1.54, 1.807) is 17.4 Å². The Bertz CT molecular complexity index is 2250. The lowest BCUT2D eigenvalue weighted by Crippen LogP contribution is -2.09. The quantitative estimate of drug-likeness (QED) is 0.115. The minimum absolute atomic E-state index is 0.274. The molecule has 0 amide bonds. The predicted octanol–water partition coefficient (Wildman–Crippen LogP) is 12.4. The van der Waals surface area contributed by atoms with Crippen molar-refractivity contribution in [3.8, 4) is 38.1 Å². The van der Waals surface area contributed by atoms with Gasteiger partial charge in [-0.15, -0.1) is 22.7 Å². The minimum atomic E-state index is -1.22. The van der Waals surface area contributed by atoms with Crippen LogP contribution in [0.2, 0.25) is 0 Å². The van der Waals surface area contributed by atoms with Crippen LogP contribution in [0.15, 0.2) is 163 Å². The molecule has 0 spiro atoms. The summed E-state index contributed by atoms with van der Waals surface area (Å²) in [5.41, 5.74) is 8.75. The zero-order valence-corrected chi connectivity index (χ0v) is 28.4. The van der Waals surface area contributed by atoms with E-state index in [2.05, 4.69) is 151 Å². The lowest BCUT2D eigenvalue weighted by atomic mass is 10.0. The van der Waals surface area contributed by atoms with Gasteiger partial charge in [0, 0.05) is 36.6 Å². The van der Waals surface area contributed by atoms with E-state index >= 15 is 0 Å². The van der Waals surface area contributed by atoms with Crippen LogP contribution in [0.3, 0.4) is 0 Å². The molecular weight excluding hydrogens is 653 g/mol. The van der Waals surface area contributed by atoms with Crippen LogP contribution in [-0.2, 0) is 4.79 Å². The third-order valence-electron chi connectivity index (χ3n) is 8.19. The van der Waals surface area contributed by atoms with E-state index in [9.17, 15) is 4.79 Å². The first-order valence-corrected chi connectivity index (χ1v) is 17.6. The Morgan fingerprint density at radius 2 is 0.980 bits per heavy atom. The highest BCUT2D eigenvalue weighted by Gasteiger charge is 2.14. The average Bonchev–Trinajstić information content (AvgIpc) is 3.85. The molecular formula is C44H30N2O2S2. The average molecular weight is 683 g/mol. The Labute approximate surface area is 299 Å². The lowest BCUT2D eigenvalue weighted by molar-refractivity contribution is -0.132. The summed E-state index contributed by atoms with van der Waals surface area (Å²) < 4.78 is 0. The summed E-state index contributed by atoms with van der Waals surface area (Å²) in [6.45, 7) is 0. The third kappa shape index (κ3) is 7.40. The maximum absolute atomic E-state index is 11.2. The number of hydrogen-bond donors (Lipinski definition) is 1. The fourth-order valence-corrected chi connectivity index (χ4v) is 7.60. The molecule has 2 aromatic heterocycles. The second-order valence-corrected chi connectivity index (χ2v) is 13.7. The lowest BCUT2D eigenvalue weighted by Gasteiger charge is -2.26. The van der Waals surface area contributed by atoms with Crippen LogP contribution in [0.1, 0.15) is 15.3 Å². The fourth-order valence-electron chi connectivity index (χ4n) is 5.65. The molecule has 0 saturated heterocycles. The van der Waals surface area contributed by atoms with E-state index in [-0.39, 0.29) is 5.57 Å². The van der Waals surface area contributed by atoms with E-state index in [0.717, 1.165) is 42.1 Å². The number of carbonyl (C=O) groups is 1. The SMILES string of the molecule is N#C/C(=C\c1ccc(-c2ccc(/C=C/c3ccc(N(c4ccc(-c5ccccc5)cc4)c4ccc(-c5ccccc5)cc4)cc3)s2)s1)C(=O)O. The summed E-state index contributed by atoms with van der Waals surface area (Å²) in [6, 6.07) is 56.5. The summed E-state index contributed by atoms with van der Waals surface area (Å²) in [5.74, 6) is -1.22. The van der Waals surface area contributed by atoms with Crippen molar-refractivity contribution >= 4 is 63.9 Å². The van der Waals surface area contributed by atoms with Crippen LogP contribution in [-0.4, -0.2) is 11.1 Å². The normalized spacial score (nSPS) is 11.4. The predicted molar refractivity (Wildman–Crippen MR) is 210 cm³/mol. The molecule has 0 atom stereocenters. The smallest absolute Gasteiger partial charge is 0.346 e. The number of carboxylic acids is 1. The number of rotatable bonds is 10. The first-order valence-electron chi connectivity index (χ1n) is 16.0. The molecule has 7 rings (SSSR count). The summed E-state index contributed by atoms with van der Waals surface area (Å²) in [4.78, 5) is 17.4. The number of carboxylic acid groups (broad SMARTS) is 1. The highest BCUT2D eigenvalue weighted by atomic mass is 32.1.